The van der Waals surface area contributed by atoms with Crippen LogP contribution < -0.4 is 5.32 Å². The fourth-order valence-electron chi connectivity index (χ4n) is 2.43. The zero-order chi connectivity index (χ0) is 16.1. The molecule has 0 bridgehead atoms. The van der Waals surface area contributed by atoms with Crippen molar-refractivity contribution in [2.24, 2.45) is 0 Å². The average molecular weight is 328 g/mol. The molecule has 0 spiro atoms. The predicted molar refractivity (Wildman–Crippen MR) is 92.8 cm³/mol. The van der Waals surface area contributed by atoms with Crippen LogP contribution in [0.5, 0.6) is 0 Å². The molecule has 2 aromatic carbocycles. The molecule has 0 radical (unpaired) electrons. The van der Waals surface area contributed by atoms with Crippen LogP contribution in [0, 0.1) is 0 Å². The normalized spacial score (nSPS) is 10.9. The van der Waals surface area contributed by atoms with Crippen molar-refractivity contribution in [1.82, 2.24) is 15.1 Å². The standard InChI is InChI=1S/C18H18ClN3O/c19-17-9-5-4-8-16(17)18-14(12-20-10-11-23)13-22(21-18)15-6-2-1-3-7-15/h1-9,13,20,23H,10-12H2. The molecule has 0 saturated heterocycles. The summed E-state index contributed by atoms with van der Waals surface area (Å²) in [6.07, 6.45) is 2.00. The first kappa shape index (κ1) is 15.7. The van der Waals surface area contributed by atoms with E-state index in [9.17, 15) is 0 Å². The zero-order valence-electron chi connectivity index (χ0n) is 12.6. The van der Waals surface area contributed by atoms with Gasteiger partial charge >= 0.3 is 0 Å². The lowest BCUT2D eigenvalue weighted by molar-refractivity contribution is 0.292. The highest BCUT2D eigenvalue weighted by atomic mass is 35.5. The Bertz CT molecular complexity index is 771. The van der Waals surface area contributed by atoms with Crippen molar-refractivity contribution in [3.8, 4) is 16.9 Å². The highest BCUT2D eigenvalue weighted by molar-refractivity contribution is 6.33. The minimum absolute atomic E-state index is 0.105. The highest BCUT2D eigenvalue weighted by Crippen LogP contribution is 2.29. The number of hydrogen-bond acceptors (Lipinski definition) is 3. The smallest absolute Gasteiger partial charge is 0.0987 e. The van der Waals surface area contributed by atoms with E-state index in [1.807, 2.05) is 65.5 Å². The summed E-state index contributed by atoms with van der Waals surface area (Å²) in [5.74, 6) is 0. The van der Waals surface area contributed by atoms with Crippen LogP contribution in [-0.4, -0.2) is 28.0 Å². The Labute approximate surface area is 140 Å². The second-order valence-electron chi connectivity index (χ2n) is 5.16. The van der Waals surface area contributed by atoms with E-state index in [4.69, 9.17) is 21.8 Å². The number of benzene rings is 2. The number of rotatable bonds is 6. The highest BCUT2D eigenvalue weighted by Gasteiger charge is 2.14. The molecule has 23 heavy (non-hydrogen) atoms. The third-order valence-corrected chi connectivity index (χ3v) is 3.87. The Kier molecular flexibility index (Phi) is 5.08. The van der Waals surface area contributed by atoms with Crippen LogP contribution in [0.15, 0.2) is 60.8 Å². The molecule has 0 aliphatic heterocycles. The number of aliphatic hydroxyl groups excluding tert-OH is 1. The molecule has 5 heteroatoms. The predicted octanol–water partition coefficient (Wildman–Crippen LogP) is 3.27. The first-order chi connectivity index (χ1) is 11.3. The number of nitrogens with one attached hydrogen (secondary N) is 1. The maximum atomic E-state index is 8.95. The fourth-order valence-corrected chi connectivity index (χ4v) is 2.66. The van der Waals surface area contributed by atoms with Gasteiger partial charge in [-0.15, -0.1) is 0 Å². The Morgan fingerprint density at radius 1 is 1.04 bits per heavy atom. The number of halogens is 1. The van der Waals surface area contributed by atoms with E-state index >= 15 is 0 Å². The van der Waals surface area contributed by atoms with Crippen LogP contribution in [0.25, 0.3) is 16.9 Å². The number of nitrogens with zero attached hydrogens (tertiary/aromatic N) is 2. The second-order valence-corrected chi connectivity index (χ2v) is 5.57. The van der Waals surface area contributed by atoms with E-state index in [2.05, 4.69) is 5.32 Å². The van der Waals surface area contributed by atoms with E-state index in [0.29, 0.717) is 18.1 Å². The van der Waals surface area contributed by atoms with Gasteiger partial charge in [0.25, 0.3) is 0 Å². The van der Waals surface area contributed by atoms with Crippen molar-refractivity contribution < 1.29 is 5.11 Å². The van der Waals surface area contributed by atoms with Crippen LogP contribution in [0.4, 0.5) is 0 Å². The van der Waals surface area contributed by atoms with Crippen LogP contribution in [0.1, 0.15) is 5.56 Å². The van der Waals surface area contributed by atoms with Crippen molar-refractivity contribution in [2.75, 3.05) is 13.2 Å². The molecule has 0 amide bonds. The van der Waals surface area contributed by atoms with Crippen molar-refractivity contribution in [2.45, 2.75) is 6.54 Å². The lowest BCUT2D eigenvalue weighted by Crippen LogP contribution is -2.17. The summed E-state index contributed by atoms with van der Waals surface area (Å²) in [5.41, 5.74) is 3.79. The van der Waals surface area contributed by atoms with Gasteiger partial charge in [-0.05, 0) is 18.2 Å². The monoisotopic (exact) mass is 327 g/mol. The van der Waals surface area contributed by atoms with Gasteiger partial charge in [-0.1, -0.05) is 48.0 Å². The van der Waals surface area contributed by atoms with E-state index in [1.165, 1.54) is 0 Å². The van der Waals surface area contributed by atoms with Gasteiger partial charge in [-0.25, -0.2) is 4.68 Å². The largest absolute Gasteiger partial charge is 0.395 e. The number of hydrogen-bond donors (Lipinski definition) is 2. The second kappa shape index (κ2) is 7.42. The van der Waals surface area contributed by atoms with Gasteiger partial charge in [0.2, 0.25) is 0 Å². The number of aliphatic hydroxyl groups is 1. The Balaban J connectivity index is 2.02. The van der Waals surface area contributed by atoms with Crippen LogP contribution in [-0.2, 0) is 6.54 Å². The summed E-state index contributed by atoms with van der Waals surface area (Å²) in [6, 6.07) is 17.6. The molecule has 3 aromatic rings. The molecule has 0 atom stereocenters. The van der Waals surface area contributed by atoms with Crippen molar-refractivity contribution >= 4 is 11.6 Å². The van der Waals surface area contributed by atoms with Gasteiger partial charge in [-0.3, -0.25) is 0 Å². The fraction of sp³-hybridized carbons (Fsp3) is 0.167. The SMILES string of the molecule is OCCNCc1cn(-c2ccccc2)nc1-c1ccccc1Cl. The van der Waals surface area contributed by atoms with Crippen LogP contribution in [0.3, 0.4) is 0 Å². The average Bonchev–Trinajstić information content (AvgIpc) is 3.00. The molecule has 0 aliphatic rings. The molecule has 0 saturated carbocycles. The van der Waals surface area contributed by atoms with Gasteiger partial charge in [0.1, 0.15) is 0 Å². The quantitative estimate of drug-likeness (QED) is 0.683. The molecule has 1 heterocycles. The first-order valence-electron chi connectivity index (χ1n) is 7.50. The van der Waals surface area contributed by atoms with Crippen molar-refractivity contribution in [3.63, 3.8) is 0 Å². The molecule has 0 aliphatic carbocycles. The van der Waals surface area contributed by atoms with E-state index in [-0.39, 0.29) is 6.61 Å². The molecular formula is C18H18ClN3O. The molecule has 2 N–H and O–H groups in total. The Morgan fingerprint density at radius 3 is 2.52 bits per heavy atom. The van der Waals surface area contributed by atoms with E-state index < -0.39 is 0 Å². The summed E-state index contributed by atoms with van der Waals surface area (Å²) in [6.45, 7) is 1.26. The number of aromatic nitrogens is 2. The van der Waals surface area contributed by atoms with Gasteiger partial charge in [0.05, 0.1) is 23.0 Å². The molecule has 3 rings (SSSR count). The number of para-hydroxylation sites is 1. The first-order valence-corrected chi connectivity index (χ1v) is 7.88. The summed E-state index contributed by atoms with van der Waals surface area (Å²) >= 11 is 6.34. The molecule has 118 valence electrons. The van der Waals surface area contributed by atoms with Gasteiger partial charge in [0.15, 0.2) is 0 Å². The maximum Gasteiger partial charge on any atom is 0.0987 e. The lowest BCUT2D eigenvalue weighted by atomic mass is 10.1. The van der Waals surface area contributed by atoms with E-state index in [0.717, 1.165) is 22.5 Å². The molecule has 1 aromatic heterocycles. The Morgan fingerprint density at radius 2 is 1.78 bits per heavy atom. The molecule has 0 fully saturated rings. The zero-order valence-corrected chi connectivity index (χ0v) is 13.4. The topological polar surface area (TPSA) is 50.1 Å². The van der Waals surface area contributed by atoms with Crippen LogP contribution in [0.2, 0.25) is 5.02 Å². The molecule has 4 nitrogen and oxygen atoms in total. The summed E-state index contributed by atoms with van der Waals surface area (Å²) in [7, 11) is 0. The summed E-state index contributed by atoms with van der Waals surface area (Å²) in [4.78, 5) is 0. The van der Waals surface area contributed by atoms with Gasteiger partial charge in [-0.2, -0.15) is 5.10 Å². The minimum Gasteiger partial charge on any atom is -0.395 e. The third kappa shape index (κ3) is 3.62. The van der Waals surface area contributed by atoms with Crippen LogP contribution >= 0.6 is 11.6 Å². The van der Waals surface area contributed by atoms with Gasteiger partial charge in [0, 0.05) is 30.4 Å². The summed E-state index contributed by atoms with van der Waals surface area (Å²) in [5, 5.41) is 17.5. The minimum atomic E-state index is 0.105. The Hall–Kier alpha value is -2.14. The van der Waals surface area contributed by atoms with E-state index in [1.54, 1.807) is 0 Å². The van der Waals surface area contributed by atoms with Crippen molar-refractivity contribution in [1.29, 1.82) is 0 Å². The van der Waals surface area contributed by atoms with Gasteiger partial charge < -0.3 is 10.4 Å². The molecular weight excluding hydrogens is 310 g/mol. The lowest BCUT2D eigenvalue weighted by Gasteiger charge is -2.05. The van der Waals surface area contributed by atoms with Crippen molar-refractivity contribution in [3.05, 3.63) is 71.4 Å². The third-order valence-electron chi connectivity index (χ3n) is 3.54. The summed E-state index contributed by atoms with van der Waals surface area (Å²) < 4.78 is 1.86. The molecule has 0 unspecified atom stereocenters. The maximum absolute atomic E-state index is 8.95.